The Labute approximate surface area is 187 Å². The van der Waals surface area contributed by atoms with Crippen molar-refractivity contribution in [3.8, 4) is 17.2 Å². The van der Waals surface area contributed by atoms with Gasteiger partial charge in [-0.2, -0.15) is 5.01 Å². The molecule has 1 heterocycles. The van der Waals surface area contributed by atoms with Gasteiger partial charge in [-0.25, -0.2) is 0 Å². The molecule has 2 aromatic rings. The van der Waals surface area contributed by atoms with Crippen LogP contribution in [0.15, 0.2) is 41.3 Å². The minimum Gasteiger partial charge on any atom is -0.503 e. The number of carbonyl (C=O) groups is 2. The lowest BCUT2D eigenvalue weighted by molar-refractivity contribution is -0.123. The quantitative estimate of drug-likeness (QED) is 0.493. The third-order valence-electron chi connectivity index (χ3n) is 4.01. The minimum atomic E-state index is -0.485. The number of aromatic hydroxyl groups is 1. The molecule has 156 valence electrons. The van der Waals surface area contributed by atoms with E-state index in [1.54, 1.807) is 43.3 Å². The van der Waals surface area contributed by atoms with Gasteiger partial charge in [0.05, 0.1) is 23.6 Å². The lowest BCUT2D eigenvalue weighted by Gasteiger charge is -2.15. The highest BCUT2D eigenvalue weighted by Crippen LogP contribution is 2.38. The summed E-state index contributed by atoms with van der Waals surface area (Å²) in [6.07, 6.45) is 1.56. The zero-order valence-corrected chi connectivity index (χ0v) is 18.4. The number of ether oxygens (including phenoxy) is 2. The number of benzene rings is 2. The first-order valence-electron chi connectivity index (χ1n) is 8.72. The normalized spacial score (nSPS) is 14.9. The van der Waals surface area contributed by atoms with Crippen LogP contribution in [0.3, 0.4) is 0 Å². The lowest BCUT2D eigenvalue weighted by atomic mass is 10.2. The zero-order valence-electron chi connectivity index (χ0n) is 16.0. The summed E-state index contributed by atoms with van der Waals surface area (Å²) in [5.41, 5.74) is 3.40. The Morgan fingerprint density at radius 3 is 2.67 bits per heavy atom. The maximum atomic E-state index is 12.8. The fourth-order valence-corrected chi connectivity index (χ4v) is 3.97. The van der Waals surface area contributed by atoms with Crippen LogP contribution in [-0.2, 0) is 4.79 Å². The van der Waals surface area contributed by atoms with E-state index in [0.29, 0.717) is 28.4 Å². The highest BCUT2D eigenvalue weighted by molar-refractivity contribution is 8.26. The number of carbonyl (C=O) groups excluding carboxylic acids is 2. The standard InChI is InChI=1S/C20H17ClN2O5S2/c1-3-28-15-9-11(8-14(21)17(15)24)10-16-19(26)23(20(29)30-16)22-18(25)12-4-6-13(27-2)7-5-12/h4-10,24H,3H2,1-2H3,(H,22,25)/b16-10-. The van der Waals surface area contributed by atoms with Gasteiger partial charge in [0.25, 0.3) is 11.8 Å². The van der Waals surface area contributed by atoms with Crippen molar-refractivity contribution >= 4 is 57.8 Å². The Bertz CT molecular complexity index is 1040. The number of rotatable bonds is 6. The maximum Gasteiger partial charge on any atom is 0.285 e. The second-order valence-electron chi connectivity index (χ2n) is 5.97. The number of thioether (sulfide) groups is 1. The number of thiocarbonyl (C=S) groups is 1. The summed E-state index contributed by atoms with van der Waals surface area (Å²) in [4.78, 5) is 25.5. The summed E-state index contributed by atoms with van der Waals surface area (Å²) in [7, 11) is 1.53. The van der Waals surface area contributed by atoms with Crippen molar-refractivity contribution in [3.63, 3.8) is 0 Å². The Morgan fingerprint density at radius 2 is 2.03 bits per heavy atom. The molecule has 0 unspecified atom stereocenters. The Kier molecular flexibility index (Phi) is 6.86. The number of phenolic OH excluding ortho intramolecular Hbond substituents is 1. The van der Waals surface area contributed by atoms with Gasteiger partial charge in [0.2, 0.25) is 0 Å². The van der Waals surface area contributed by atoms with Crippen molar-refractivity contribution in [1.82, 2.24) is 10.4 Å². The third kappa shape index (κ3) is 4.69. The van der Waals surface area contributed by atoms with Gasteiger partial charge < -0.3 is 14.6 Å². The molecular weight excluding hydrogens is 448 g/mol. The van der Waals surface area contributed by atoms with Crippen LogP contribution in [0.2, 0.25) is 5.02 Å². The smallest absolute Gasteiger partial charge is 0.285 e. The predicted octanol–water partition coefficient (Wildman–Crippen LogP) is 4.00. The number of amides is 2. The number of nitrogens with one attached hydrogen (secondary N) is 1. The average Bonchev–Trinajstić information content (AvgIpc) is 2.99. The molecular formula is C20H17ClN2O5S2. The van der Waals surface area contributed by atoms with Gasteiger partial charge in [0.1, 0.15) is 5.75 Å². The van der Waals surface area contributed by atoms with E-state index in [0.717, 1.165) is 16.8 Å². The van der Waals surface area contributed by atoms with Gasteiger partial charge >= 0.3 is 0 Å². The molecule has 0 spiro atoms. The van der Waals surface area contributed by atoms with Crippen LogP contribution in [0.25, 0.3) is 6.08 Å². The van der Waals surface area contributed by atoms with Crippen LogP contribution in [0.5, 0.6) is 17.2 Å². The first kappa shape index (κ1) is 21.9. The van der Waals surface area contributed by atoms with Crippen LogP contribution in [-0.4, -0.2) is 40.0 Å². The van der Waals surface area contributed by atoms with Gasteiger partial charge in [-0.1, -0.05) is 23.4 Å². The zero-order chi connectivity index (χ0) is 21.8. The summed E-state index contributed by atoms with van der Waals surface area (Å²) in [6, 6.07) is 9.51. The number of hydrazine groups is 1. The molecule has 2 aromatic carbocycles. The van der Waals surface area contributed by atoms with E-state index in [4.69, 9.17) is 33.3 Å². The number of hydrogen-bond acceptors (Lipinski definition) is 7. The monoisotopic (exact) mass is 464 g/mol. The number of nitrogens with zero attached hydrogens (tertiary/aromatic N) is 1. The first-order valence-corrected chi connectivity index (χ1v) is 10.3. The molecule has 1 aliphatic rings. The van der Waals surface area contributed by atoms with Crippen LogP contribution < -0.4 is 14.9 Å². The maximum absolute atomic E-state index is 12.8. The van der Waals surface area contributed by atoms with Crippen LogP contribution in [0.4, 0.5) is 0 Å². The van der Waals surface area contributed by atoms with E-state index in [-0.39, 0.29) is 20.8 Å². The van der Waals surface area contributed by atoms with Gasteiger partial charge in [0, 0.05) is 5.56 Å². The van der Waals surface area contributed by atoms with E-state index in [1.165, 1.54) is 13.2 Å². The molecule has 7 nitrogen and oxygen atoms in total. The number of phenols is 1. The number of methoxy groups -OCH3 is 1. The summed E-state index contributed by atoms with van der Waals surface area (Å²) in [5.74, 6) is -0.316. The van der Waals surface area contributed by atoms with Gasteiger partial charge in [-0.15, -0.1) is 0 Å². The Morgan fingerprint density at radius 1 is 1.33 bits per heavy atom. The van der Waals surface area contributed by atoms with Crippen molar-refractivity contribution in [2.45, 2.75) is 6.92 Å². The predicted molar refractivity (Wildman–Crippen MR) is 120 cm³/mol. The van der Waals surface area contributed by atoms with E-state index in [2.05, 4.69) is 5.43 Å². The highest BCUT2D eigenvalue weighted by atomic mass is 35.5. The molecule has 0 bridgehead atoms. The molecule has 0 saturated carbocycles. The third-order valence-corrected chi connectivity index (χ3v) is 5.60. The second kappa shape index (κ2) is 9.38. The van der Waals surface area contributed by atoms with Gasteiger partial charge in [0.15, 0.2) is 15.8 Å². The fourth-order valence-electron chi connectivity index (χ4n) is 2.57. The molecule has 2 amide bonds. The second-order valence-corrected chi connectivity index (χ2v) is 8.05. The topological polar surface area (TPSA) is 88.1 Å². The van der Waals surface area contributed by atoms with Crippen molar-refractivity contribution < 1.29 is 24.2 Å². The van der Waals surface area contributed by atoms with Crippen molar-refractivity contribution in [1.29, 1.82) is 0 Å². The molecule has 0 atom stereocenters. The van der Waals surface area contributed by atoms with Gasteiger partial charge in [-0.05, 0) is 67.2 Å². The Balaban J connectivity index is 1.79. The lowest BCUT2D eigenvalue weighted by Crippen LogP contribution is -2.44. The molecule has 10 heteroatoms. The molecule has 1 saturated heterocycles. The molecule has 2 N–H and O–H groups in total. The molecule has 1 fully saturated rings. The van der Waals surface area contributed by atoms with Crippen LogP contribution in [0.1, 0.15) is 22.8 Å². The largest absolute Gasteiger partial charge is 0.503 e. The minimum absolute atomic E-state index is 0.0930. The first-order chi connectivity index (χ1) is 14.3. The molecule has 0 aromatic heterocycles. The van der Waals surface area contributed by atoms with E-state index < -0.39 is 11.8 Å². The van der Waals surface area contributed by atoms with Crippen LogP contribution >= 0.6 is 35.6 Å². The molecule has 3 rings (SSSR count). The SMILES string of the molecule is CCOc1cc(/C=C2\SC(=S)N(NC(=O)c3ccc(OC)cc3)C2=O)cc(Cl)c1O. The van der Waals surface area contributed by atoms with Crippen molar-refractivity contribution in [2.75, 3.05) is 13.7 Å². The molecule has 0 radical (unpaired) electrons. The summed E-state index contributed by atoms with van der Waals surface area (Å²) in [5, 5.41) is 11.1. The average molecular weight is 465 g/mol. The number of hydrogen-bond donors (Lipinski definition) is 2. The fraction of sp³-hybridized carbons (Fsp3) is 0.150. The van der Waals surface area contributed by atoms with Crippen LogP contribution in [0, 0.1) is 0 Å². The summed E-state index contributed by atoms with van der Waals surface area (Å²) >= 11 is 12.3. The number of halogens is 1. The van der Waals surface area contributed by atoms with E-state index in [1.807, 2.05) is 0 Å². The van der Waals surface area contributed by atoms with Crippen molar-refractivity contribution in [2.24, 2.45) is 0 Å². The molecule has 30 heavy (non-hydrogen) atoms. The highest BCUT2D eigenvalue weighted by Gasteiger charge is 2.34. The van der Waals surface area contributed by atoms with Crippen molar-refractivity contribution in [3.05, 3.63) is 57.5 Å². The van der Waals surface area contributed by atoms with E-state index >= 15 is 0 Å². The molecule has 0 aliphatic carbocycles. The molecule has 1 aliphatic heterocycles. The summed E-state index contributed by atoms with van der Waals surface area (Å²) < 4.78 is 10.6. The van der Waals surface area contributed by atoms with Gasteiger partial charge in [-0.3, -0.25) is 15.0 Å². The Hall–Kier alpha value is -2.75. The van der Waals surface area contributed by atoms with E-state index in [9.17, 15) is 14.7 Å². The summed E-state index contributed by atoms with van der Waals surface area (Å²) in [6.45, 7) is 2.11.